The summed E-state index contributed by atoms with van der Waals surface area (Å²) in [7, 11) is 1.77. The Kier molecular flexibility index (Phi) is 4.77. The van der Waals surface area contributed by atoms with Gasteiger partial charge in [0.2, 0.25) is 0 Å². The van der Waals surface area contributed by atoms with Crippen LogP contribution in [0.5, 0.6) is 0 Å². The molecule has 1 saturated carbocycles. The molecule has 0 aliphatic heterocycles. The molecule has 1 aliphatic rings. The monoisotopic (exact) mass is 396 g/mol. The third-order valence-corrected chi connectivity index (χ3v) is 5.32. The van der Waals surface area contributed by atoms with Crippen molar-refractivity contribution in [3.63, 3.8) is 0 Å². The van der Waals surface area contributed by atoms with Crippen molar-refractivity contribution in [2.75, 3.05) is 12.4 Å². The molecule has 0 bridgehead atoms. The number of H-pyrrole nitrogens is 1. The fourth-order valence-corrected chi connectivity index (χ4v) is 3.43. The van der Waals surface area contributed by atoms with Crippen LogP contribution in [0.1, 0.15) is 41.4 Å². The summed E-state index contributed by atoms with van der Waals surface area (Å²) in [5, 5.41) is 15.2. The van der Waals surface area contributed by atoms with Gasteiger partial charge in [0.05, 0.1) is 17.5 Å². The second kappa shape index (κ2) is 7.24. The molecule has 144 valence electrons. The number of hydrogen-bond donors (Lipinski definition) is 4. The second-order valence-corrected chi connectivity index (χ2v) is 7.51. The fraction of sp³-hybridized carbons (Fsp3) is 0.300. The summed E-state index contributed by atoms with van der Waals surface area (Å²) >= 11 is 6.05. The molecule has 8 heteroatoms. The lowest BCUT2D eigenvalue weighted by Gasteiger charge is -2.12. The van der Waals surface area contributed by atoms with E-state index in [9.17, 15) is 4.79 Å². The van der Waals surface area contributed by atoms with Crippen LogP contribution in [0, 0.1) is 11.3 Å². The predicted octanol–water partition coefficient (Wildman–Crippen LogP) is 3.60. The molecule has 4 N–H and O–H groups in total. The number of aromatic nitrogens is 3. The van der Waals surface area contributed by atoms with Crippen molar-refractivity contribution in [1.82, 2.24) is 20.3 Å². The first kappa shape index (κ1) is 18.4. The Hall–Kier alpha value is -2.93. The van der Waals surface area contributed by atoms with E-state index in [0.717, 1.165) is 18.5 Å². The summed E-state index contributed by atoms with van der Waals surface area (Å²) in [6.45, 7) is 2.02. The first-order valence-electron chi connectivity index (χ1n) is 9.19. The average Bonchev–Trinajstić information content (AvgIpc) is 3.46. The number of nitrogens with one attached hydrogen (secondary N) is 4. The Morgan fingerprint density at radius 3 is 2.86 bits per heavy atom. The van der Waals surface area contributed by atoms with Crippen molar-refractivity contribution in [3.8, 4) is 0 Å². The van der Waals surface area contributed by atoms with Crippen LogP contribution in [0.3, 0.4) is 0 Å². The number of hydrogen-bond acceptors (Lipinski definition) is 5. The molecule has 2 heterocycles. The zero-order chi connectivity index (χ0) is 19.8. The molecule has 0 saturated heterocycles. The number of anilines is 1. The molecule has 0 spiro atoms. The zero-order valence-electron chi connectivity index (χ0n) is 15.6. The summed E-state index contributed by atoms with van der Waals surface area (Å²) in [6, 6.07) is 5.39. The molecule has 0 radical (unpaired) electrons. The number of carbonyl (C=O) groups is 1. The SMILES string of the molecule is CNc1cc(Cl)ccc1C(=N)c1cnc2[nH]cc(C(=O)NC(C)C3CC3)c2n1. The number of aromatic amines is 1. The third-order valence-electron chi connectivity index (χ3n) is 5.09. The van der Waals surface area contributed by atoms with Crippen LogP contribution in [0.4, 0.5) is 5.69 Å². The number of amides is 1. The standard InChI is InChI=1S/C20H21ClN6O/c1-10(11-3-4-11)26-20(28)14-8-24-19-18(14)27-16(9-25-19)17(22)13-6-5-12(21)7-15(13)23-2/h5-11,22-23H,3-4H2,1-2H3,(H,24,25)(H,26,28). The van der Waals surface area contributed by atoms with Gasteiger partial charge in [0, 0.05) is 35.6 Å². The first-order chi connectivity index (χ1) is 13.5. The van der Waals surface area contributed by atoms with Crippen LogP contribution in [-0.2, 0) is 0 Å². The van der Waals surface area contributed by atoms with E-state index in [2.05, 4.69) is 25.6 Å². The lowest BCUT2D eigenvalue weighted by molar-refractivity contribution is 0.0937. The summed E-state index contributed by atoms with van der Waals surface area (Å²) in [5.41, 5.74) is 3.39. The Labute approximate surface area is 167 Å². The molecule has 4 rings (SSSR count). The van der Waals surface area contributed by atoms with E-state index in [1.54, 1.807) is 31.4 Å². The molecular weight excluding hydrogens is 376 g/mol. The van der Waals surface area contributed by atoms with Crippen molar-refractivity contribution < 1.29 is 4.79 Å². The molecule has 1 amide bonds. The van der Waals surface area contributed by atoms with Gasteiger partial charge in [-0.05, 0) is 43.9 Å². The van der Waals surface area contributed by atoms with E-state index in [-0.39, 0.29) is 17.7 Å². The Balaban J connectivity index is 1.67. The minimum absolute atomic E-state index is 0.138. The van der Waals surface area contributed by atoms with E-state index in [1.165, 1.54) is 6.20 Å². The van der Waals surface area contributed by atoms with Crippen LogP contribution < -0.4 is 10.6 Å². The second-order valence-electron chi connectivity index (χ2n) is 7.07. The van der Waals surface area contributed by atoms with E-state index >= 15 is 0 Å². The van der Waals surface area contributed by atoms with Crippen LogP contribution >= 0.6 is 11.6 Å². The van der Waals surface area contributed by atoms with Gasteiger partial charge in [-0.15, -0.1) is 0 Å². The topological polar surface area (TPSA) is 107 Å². The van der Waals surface area contributed by atoms with Crippen LogP contribution in [-0.4, -0.2) is 39.7 Å². The maximum atomic E-state index is 12.7. The summed E-state index contributed by atoms with van der Waals surface area (Å²) < 4.78 is 0. The van der Waals surface area contributed by atoms with Gasteiger partial charge in [-0.3, -0.25) is 10.2 Å². The zero-order valence-corrected chi connectivity index (χ0v) is 16.4. The van der Waals surface area contributed by atoms with Gasteiger partial charge in [0.15, 0.2) is 5.65 Å². The maximum absolute atomic E-state index is 12.7. The van der Waals surface area contributed by atoms with Crippen LogP contribution in [0.25, 0.3) is 11.2 Å². The molecular formula is C20H21ClN6O. The minimum Gasteiger partial charge on any atom is -0.388 e. The van der Waals surface area contributed by atoms with Gasteiger partial charge in [-0.1, -0.05) is 11.6 Å². The van der Waals surface area contributed by atoms with Crippen molar-refractivity contribution in [2.24, 2.45) is 5.92 Å². The van der Waals surface area contributed by atoms with E-state index in [0.29, 0.717) is 38.9 Å². The normalized spacial score (nSPS) is 14.7. The number of rotatable bonds is 6. The van der Waals surface area contributed by atoms with Crippen LogP contribution in [0.15, 0.2) is 30.6 Å². The van der Waals surface area contributed by atoms with Gasteiger partial charge in [0.1, 0.15) is 11.2 Å². The Morgan fingerprint density at radius 2 is 2.14 bits per heavy atom. The first-order valence-corrected chi connectivity index (χ1v) is 9.57. The highest BCUT2D eigenvalue weighted by atomic mass is 35.5. The van der Waals surface area contributed by atoms with Crippen molar-refractivity contribution in [2.45, 2.75) is 25.8 Å². The van der Waals surface area contributed by atoms with E-state index in [1.807, 2.05) is 6.92 Å². The van der Waals surface area contributed by atoms with Gasteiger partial charge in [0.25, 0.3) is 5.91 Å². The Morgan fingerprint density at radius 1 is 1.36 bits per heavy atom. The molecule has 1 aliphatic carbocycles. The highest BCUT2D eigenvalue weighted by molar-refractivity contribution is 6.31. The molecule has 2 aromatic heterocycles. The fourth-order valence-electron chi connectivity index (χ4n) is 3.26. The molecule has 7 nitrogen and oxygen atoms in total. The number of benzene rings is 1. The predicted molar refractivity (Wildman–Crippen MR) is 110 cm³/mol. The highest BCUT2D eigenvalue weighted by Crippen LogP contribution is 2.32. The van der Waals surface area contributed by atoms with Gasteiger partial charge in [-0.25, -0.2) is 9.97 Å². The molecule has 1 atom stereocenters. The minimum atomic E-state index is -0.175. The molecule has 3 aromatic rings. The number of halogens is 1. The summed E-state index contributed by atoms with van der Waals surface area (Å²) in [4.78, 5) is 24.6. The van der Waals surface area contributed by atoms with Crippen molar-refractivity contribution >= 4 is 40.1 Å². The number of carbonyl (C=O) groups excluding carboxylic acids is 1. The molecule has 28 heavy (non-hydrogen) atoms. The molecule has 1 fully saturated rings. The highest BCUT2D eigenvalue weighted by Gasteiger charge is 2.29. The maximum Gasteiger partial charge on any atom is 0.255 e. The largest absolute Gasteiger partial charge is 0.388 e. The lowest BCUT2D eigenvalue weighted by Crippen LogP contribution is -2.33. The van der Waals surface area contributed by atoms with Gasteiger partial charge >= 0.3 is 0 Å². The van der Waals surface area contributed by atoms with Crippen molar-refractivity contribution in [1.29, 1.82) is 5.41 Å². The summed E-state index contributed by atoms with van der Waals surface area (Å²) in [6.07, 6.45) is 5.47. The van der Waals surface area contributed by atoms with Crippen LogP contribution in [0.2, 0.25) is 5.02 Å². The number of nitrogens with zero attached hydrogens (tertiary/aromatic N) is 2. The smallest absolute Gasteiger partial charge is 0.255 e. The average molecular weight is 397 g/mol. The molecule has 1 unspecified atom stereocenters. The summed E-state index contributed by atoms with van der Waals surface area (Å²) in [5.74, 6) is 0.389. The third kappa shape index (κ3) is 3.45. The van der Waals surface area contributed by atoms with E-state index < -0.39 is 0 Å². The molecule has 1 aromatic carbocycles. The Bertz CT molecular complexity index is 1070. The van der Waals surface area contributed by atoms with E-state index in [4.69, 9.17) is 17.0 Å². The lowest BCUT2D eigenvalue weighted by atomic mass is 10.1. The van der Waals surface area contributed by atoms with Crippen molar-refractivity contribution in [3.05, 3.63) is 52.4 Å². The van der Waals surface area contributed by atoms with Gasteiger partial charge < -0.3 is 15.6 Å². The quantitative estimate of drug-likeness (QED) is 0.477. The number of fused-ring (bicyclic) bond motifs is 1. The van der Waals surface area contributed by atoms with Gasteiger partial charge in [-0.2, -0.15) is 0 Å².